The number of nitrogens with one attached hydrogen (secondary N) is 3. The number of nitrogens with zero attached hydrogens (tertiary/aromatic N) is 3. The molecule has 4 aliphatic heterocycles. The molecule has 15 nitrogen and oxygen atoms in total. The molecule has 0 aromatic heterocycles. The van der Waals surface area contributed by atoms with E-state index in [0.29, 0.717) is 49.7 Å². The van der Waals surface area contributed by atoms with Crippen LogP contribution in [0.2, 0.25) is 0 Å². The number of hydrogen-bond acceptors (Lipinski definition) is 11. The molecule has 5 atom stereocenters. The van der Waals surface area contributed by atoms with E-state index in [2.05, 4.69) is 15.4 Å². The first-order chi connectivity index (χ1) is 27.1. The van der Waals surface area contributed by atoms with Crippen LogP contribution in [-0.4, -0.2) is 96.6 Å². The minimum atomic E-state index is -3.99. The first-order valence-corrected chi connectivity index (χ1v) is 20.9. The smallest absolute Gasteiger partial charge is 0.410 e. The van der Waals surface area contributed by atoms with Crippen LogP contribution in [0.4, 0.5) is 29.3 Å². The van der Waals surface area contributed by atoms with Crippen molar-refractivity contribution in [3.63, 3.8) is 0 Å². The molecule has 2 aromatic rings. The van der Waals surface area contributed by atoms with Gasteiger partial charge in [-0.25, -0.2) is 26.4 Å². The SMILES string of the molecule is O=C1N[C@]2(C(=O)NS(=O)(=O)C3CC3)C[C@@H]2/C=C\CCCCC[C@H](Nc2c(N3CCC(F)(F)C3)c(=O)c2=O)C(=O)N2C[C@H](OC(=O)N3Cc4cccc(F)c4C3)C[C@@H]12. The van der Waals surface area contributed by atoms with E-state index >= 15 is 0 Å². The van der Waals surface area contributed by atoms with Gasteiger partial charge in [0.25, 0.3) is 22.7 Å². The molecule has 4 fully saturated rings. The van der Waals surface area contributed by atoms with Gasteiger partial charge in [-0.05, 0) is 50.2 Å². The van der Waals surface area contributed by atoms with Gasteiger partial charge < -0.3 is 25.2 Å². The van der Waals surface area contributed by atoms with Gasteiger partial charge in [-0.1, -0.05) is 37.1 Å². The van der Waals surface area contributed by atoms with Crippen LogP contribution in [-0.2, 0) is 42.2 Å². The van der Waals surface area contributed by atoms with Crippen LogP contribution in [0.3, 0.4) is 0 Å². The quantitative estimate of drug-likeness (QED) is 0.274. The van der Waals surface area contributed by atoms with E-state index < -0.39 is 104 Å². The van der Waals surface area contributed by atoms with E-state index in [9.17, 15) is 50.4 Å². The topological polar surface area (TPSA) is 192 Å². The summed E-state index contributed by atoms with van der Waals surface area (Å²) >= 11 is 0. The molecule has 8 rings (SSSR count). The van der Waals surface area contributed by atoms with E-state index in [0.717, 1.165) is 9.80 Å². The third-order valence-electron chi connectivity index (χ3n) is 12.0. The summed E-state index contributed by atoms with van der Waals surface area (Å²) in [5, 5.41) is 4.90. The first-order valence-electron chi connectivity index (χ1n) is 19.4. The number of sulfonamides is 1. The lowest BCUT2D eigenvalue weighted by Crippen LogP contribution is -2.58. The number of ether oxygens (including phenoxy) is 1. The highest BCUT2D eigenvalue weighted by Crippen LogP contribution is 2.46. The molecule has 306 valence electrons. The number of benzene rings is 1. The third kappa shape index (κ3) is 7.49. The van der Waals surface area contributed by atoms with Crippen LogP contribution < -0.4 is 31.1 Å². The van der Waals surface area contributed by atoms with Crippen LogP contribution in [0.25, 0.3) is 0 Å². The predicted octanol–water partition coefficient (Wildman–Crippen LogP) is 2.17. The number of hydrogen-bond donors (Lipinski definition) is 3. The molecular weight excluding hydrogens is 774 g/mol. The number of fused-ring (bicyclic) bond motifs is 3. The molecular formula is C38H43F3N6O9S. The Morgan fingerprint density at radius 2 is 1.79 bits per heavy atom. The van der Waals surface area contributed by atoms with Crippen molar-refractivity contribution in [1.29, 1.82) is 0 Å². The number of amides is 4. The molecule has 0 unspecified atom stereocenters. The van der Waals surface area contributed by atoms with Crippen LogP contribution in [0.5, 0.6) is 0 Å². The molecule has 4 amide bonds. The predicted molar refractivity (Wildman–Crippen MR) is 198 cm³/mol. The van der Waals surface area contributed by atoms with Gasteiger partial charge >= 0.3 is 6.09 Å². The molecule has 2 saturated carbocycles. The van der Waals surface area contributed by atoms with Crippen molar-refractivity contribution in [2.45, 2.75) is 112 Å². The molecule has 0 bridgehead atoms. The van der Waals surface area contributed by atoms with E-state index in [4.69, 9.17) is 4.74 Å². The molecule has 2 saturated heterocycles. The fourth-order valence-corrected chi connectivity index (χ4v) is 9.85. The highest BCUT2D eigenvalue weighted by molar-refractivity contribution is 7.91. The number of carbonyl (C=O) groups is 4. The molecule has 0 radical (unpaired) electrons. The Kier molecular flexibility index (Phi) is 9.87. The monoisotopic (exact) mass is 816 g/mol. The molecule has 0 spiro atoms. The second kappa shape index (κ2) is 14.5. The van der Waals surface area contributed by atoms with Crippen molar-refractivity contribution in [3.05, 3.63) is 67.7 Å². The lowest BCUT2D eigenvalue weighted by molar-refractivity contribution is -0.140. The summed E-state index contributed by atoms with van der Waals surface area (Å²) < 4.78 is 76.4. The highest BCUT2D eigenvalue weighted by atomic mass is 32.2. The molecule has 6 aliphatic rings. The number of alkyl halides is 2. The average Bonchev–Trinajstić information content (AvgIpc) is 4.00. The zero-order valence-corrected chi connectivity index (χ0v) is 31.8. The van der Waals surface area contributed by atoms with Gasteiger partial charge in [0, 0.05) is 37.4 Å². The van der Waals surface area contributed by atoms with E-state index in [1.807, 2.05) is 6.08 Å². The Balaban J connectivity index is 1.07. The lowest BCUT2D eigenvalue weighted by Gasteiger charge is -2.31. The van der Waals surface area contributed by atoms with E-state index in [-0.39, 0.29) is 56.8 Å². The molecule has 2 aliphatic carbocycles. The van der Waals surface area contributed by atoms with Crippen LogP contribution in [0.1, 0.15) is 75.3 Å². The summed E-state index contributed by atoms with van der Waals surface area (Å²) in [4.78, 5) is 85.2. The van der Waals surface area contributed by atoms with Crippen molar-refractivity contribution in [2.24, 2.45) is 5.92 Å². The van der Waals surface area contributed by atoms with E-state index in [1.54, 1.807) is 12.1 Å². The number of rotatable bonds is 7. The summed E-state index contributed by atoms with van der Waals surface area (Å²) in [6, 6.07) is 1.93. The van der Waals surface area contributed by atoms with E-state index in [1.165, 1.54) is 17.0 Å². The molecule has 3 N–H and O–H groups in total. The van der Waals surface area contributed by atoms with Crippen LogP contribution in [0, 0.1) is 11.7 Å². The minimum absolute atomic E-state index is 0.0600. The zero-order valence-electron chi connectivity index (χ0n) is 30.9. The number of anilines is 2. The van der Waals surface area contributed by atoms with Gasteiger partial charge in [0.1, 0.15) is 40.9 Å². The van der Waals surface area contributed by atoms with Crippen molar-refractivity contribution >= 4 is 45.2 Å². The van der Waals surface area contributed by atoms with Gasteiger partial charge in [0.05, 0.1) is 24.9 Å². The third-order valence-corrected chi connectivity index (χ3v) is 13.8. The largest absolute Gasteiger partial charge is 0.444 e. The average molecular weight is 817 g/mol. The van der Waals surface area contributed by atoms with Crippen molar-refractivity contribution in [1.82, 2.24) is 19.8 Å². The Morgan fingerprint density at radius 1 is 1.00 bits per heavy atom. The summed E-state index contributed by atoms with van der Waals surface area (Å²) in [5.74, 6) is -6.51. The maximum Gasteiger partial charge on any atom is 0.410 e. The lowest BCUT2D eigenvalue weighted by atomic mass is 10.0. The summed E-state index contributed by atoms with van der Waals surface area (Å²) in [7, 11) is -3.99. The van der Waals surface area contributed by atoms with Crippen molar-refractivity contribution < 1.29 is 45.5 Å². The zero-order chi connectivity index (χ0) is 40.4. The van der Waals surface area contributed by atoms with Gasteiger partial charge in [-0.15, -0.1) is 0 Å². The van der Waals surface area contributed by atoms with Crippen molar-refractivity contribution in [3.8, 4) is 0 Å². The molecule has 4 heterocycles. The van der Waals surface area contributed by atoms with Gasteiger partial charge in [-0.2, -0.15) is 0 Å². The number of halogens is 3. The first kappa shape index (κ1) is 38.9. The van der Waals surface area contributed by atoms with Gasteiger partial charge in [0.15, 0.2) is 0 Å². The standard InChI is InChI=1S/C38H43F3N6O9S/c39-26-9-6-7-21-17-46(19-25(21)26)36(53)56-23-15-28-33(50)43-38(35(52)44-57(54,55)24-11-12-24)16-22(38)8-4-2-1-3-5-10-27(34(51)47(28)18-23)42-29-30(32(49)31(29)48)45-14-13-37(40,41)20-45/h4,6-9,22-24,27-28,42H,1-3,5,10-20H2,(H,43,50)(H,44,52)/b8-4-/t22-,23+,27-,28-,38+/m0/s1. The number of carbonyl (C=O) groups excluding carboxylic acids is 4. The molecule has 2 aromatic carbocycles. The maximum absolute atomic E-state index is 14.6. The second-order valence-electron chi connectivity index (χ2n) is 16.1. The van der Waals surface area contributed by atoms with Crippen LogP contribution in [0.15, 0.2) is 39.9 Å². The van der Waals surface area contributed by atoms with Gasteiger partial charge in [-0.3, -0.25) is 33.6 Å². The molecule has 19 heteroatoms. The molecule has 57 heavy (non-hydrogen) atoms. The fourth-order valence-electron chi connectivity index (χ4n) is 8.49. The Morgan fingerprint density at radius 3 is 2.51 bits per heavy atom. The second-order valence-corrected chi connectivity index (χ2v) is 18.1. The minimum Gasteiger partial charge on any atom is -0.444 e. The summed E-state index contributed by atoms with van der Waals surface area (Å²) in [5.41, 5.74) is -3.11. The summed E-state index contributed by atoms with van der Waals surface area (Å²) in [6.45, 7) is -1.23. The Labute approximate surface area is 325 Å². The van der Waals surface area contributed by atoms with Gasteiger partial charge in [0.2, 0.25) is 21.8 Å². The Hall–Kier alpha value is -4.94. The Bertz CT molecular complexity index is 2220. The number of allylic oxidation sites excluding steroid dienone is 1. The highest BCUT2D eigenvalue weighted by Gasteiger charge is 2.62. The normalized spacial score (nSPS) is 29.4. The summed E-state index contributed by atoms with van der Waals surface area (Å²) in [6.07, 6.45) is 4.33. The fraction of sp³-hybridized carbons (Fsp3) is 0.579. The maximum atomic E-state index is 14.6. The van der Waals surface area contributed by atoms with Crippen molar-refractivity contribution in [2.75, 3.05) is 29.9 Å². The van der Waals surface area contributed by atoms with Crippen LogP contribution >= 0.6 is 0 Å².